The van der Waals surface area contributed by atoms with Gasteiger partial charge in [-0.25, -0.2) is 4.79 Å². The summed E-state index contributed by atoms with van der Waals surface area (Å²) >= 11 is 0. The minimum absolute atomic E-state index is 0.0850. The molecule has 1 N–H and O–H groups in total. The van der Waals surface area contributed by atoms with Crippen molar-refractivity contribution in [2.75, 3.05) is 13.2 Å². The first-order valence-electron chi connectivity index (χ1n) is 6.31. The van der Waals surface area contributed by atoms with Crippen molar-refractivity contribution >= 4 is 12.0 Å². The van der Waals surface area contributed by atoms with Gasteiger partial charge in [0.05, 0.1) is 19.3 Å². The zero-order valence-corrected chi connectivity index (χ0v) is 11.1. The second kappa shape index (κ2) is 5.99. The summed E-state index contributed by atoms with van der Waals surface area (Å²) in [5, 5.41) is 8.72. The lowest BCUT2D eigenvalue weighted by molar-refractivity contribution is -0.131. The van der Waals surface area contributed by atoms with Crippen LogP contribution < -0.4 is 0 Å². The lowest BCUT2D eigenvalue weighted by Gasteiger charge is -2.16. The summed E-state index contributed by atoms with van der Waals surface area (Å²) < 4.78 is 10.8. The molecule has 102 valence electrons. The van der Waals surface area contributed by atoms with Crippen LogP contribution in [0.5, 0.6) is 0 Å². The third kappa shape index (κ3) is 4.19. The number of carboxylic acids is 1. The molecule has 4 heteroatoms. The van der Waals surface area contributed by atoms with E-state index in [1.165, 1.54) is 0 Å². The fourth-order valence-corrected chi connectivity index (χ4v) is 1.88. The van der Waals surface area contributed by atoms with Crippen LogP contribution in [0.2, 0.25) is 0 Å². The molecule has 1 aliphatic heterocycles. The van der Waals surface area contributed by atoms with E-state index >= 15 is 0 Å². The highest BCUT2D eigenvalue weighted by Crippen LogP contribution is 2.25. The number of aryl methyl sites for hydroxylation is 1. The van der Waals surface area contributed by atoms with Crippen LogP contribution in [0.3, 0.4) is 0 Å². The number of ether oxygens (including phenoxy) is 2. The van der Waals surface area contributed by atoms with Gasteiger partial charge in [-0.1, -0.05) is 23.8 Å². The van der Waals surface area contributed by atoms with Crippen molar-refractivity contribution in [2.24, 2.45) is 0 Å². The van der Waals surface area contributed by atoms with E-state index in [1.807, 2.05) is 32.0 Å². The standard InChI is InChI=1S/C15H18O4/c1-10-3-5-14(11(2)18-8-13-9-19-13)12(7-10)4-6-15(16)17/h3-7,11,13H,8-9H2,1-2H3,(H,16,17)/b6-4+/t11-,13+/m1/s1. The molecular formula is C15H18O4. The van der Waals surface area contributed by atoms with Gasteiger partial charge in [0.25, 0.3) is 0 Å². The van der Waals surface area contributed by atoms with E-state index in [9.17, 15) is 4.79 Å². The quantitative estimate of drug-likeness (QED) is 0.632. The van der Waals surface area contributed by atoms with Gasteiger partial charge < -0.3 is 14.6 Å². The van der Waals surface area contributed by atoms with Crippen molar-refractivity contribution in [2.45, 2.75) is 26.1 Å². The first kappa shape index (κ1) is 13.8. The zero-order chi connectivity index (χ0) is 13.8. The lowest BCUT2D eigenvalue weighted by atomic mass is 10.00. The summed E-state index contributed by atoms with van der Waals surface area (Å²) in [5.41, 5.74) is 2.96. The summed E-state index contributed by atoms with van der Waals surface area (Å²) in [4.78, 5) is 10.6. The highest BCUT2D eigenvalue weighted by atomic mass is 16.6. The summed E-state index contributed by atoms with van der Waals surface area (Å²) in [6.45, 7) is 5.29. The fourth-order valence-electron chi connectivity index (χ4n) is 1.88. The Hall–Kier alpha value is -1.65. The van der Waals surface area contributed by atoms with Crippen molar-refractivity contribution in [1.29, 1.82) is 0 Å². The molecule has 1 aromatic rings. The normalized spacial score (nSPS) is 19.6. The summed E-state index contributed by atoms with van der Waals surface area (Å²) in [6, 6.07) is 5.94. The average Bonchev–Trinajstić information content (AvgIpc) is 3.17. The molecule has 2 rings (SSSR count). The highest BCUT2D eigenvalue weighted by Gasteiger charge is 2.24. The topological polar surface area (TPSA) is 59.1 Å². The minimum Gasteiger partial charge on any atom is -0.478 e. The van der Waals surface area contributed by atoms with Crippen LogP contribution >= 0.6 is 0 Å². The Bertz CT molecular complexity index is 489. The molecule has 4 nitrogen and oxygen atoms in total. The van der Waals surface area contributed by atoms with Crippen molar-refractivity contribution in [1.82, 2.24) is 0 Å². The molecule has 1 aromatic carbocycles. The fraction of sp³-hybridized carbons (Fsp3) is 0.400. The minimum atomic E-state index is -0.951. The SMILES string of the molecule is Cc1ccc([C@@H](C)OC[C@H]2CO2)c(/C=C/C(=O)O)c1. The van der Waals surface area contributed by atoms with E-state index in [2.05, 4.69) is 0 Å². The van der Waals surface area contributed by atoms with Gasteiger partial charge in [0.15, 0.2) is 0 Å². The van der Waals surface area contributed by atoms with Gasteiger partial charge in [-0.2, -0.15) is 0 Å². The molecule has 19 heavy (non-hydrogen) atoms. The molecule has 1 saturated heterocycles. The van der Waals surface area contributed by atoms with E-state index in [-0.39, 0.29) is 12.2 Å². The number of aliphatic carboxylic acids is 1. The number of hydrogen-bond acceptors (Lipinski definition) is 3. The van der Waals surface area contributed by atoms with Crippen molar-refractivity contribution in [3.05, 3.63) is 41.0 Å². The van der Waals surface area contributed by atoms with Crippen LogP contribution in [0.15, 0.2) is 24.3 Å². The molecule has 0 aromatic heterocycles. The molecular weight excluding hydrogens is 244 g/mol. The zero-order valence-electron chi connectivity index (χ0n) is 11.1. The molecule has 0 amide bonds. The van der Waals surface area contributed by atoms with Crippen LogP contribution in [0, 0.1) is 6.92 Å². The van der Waals surface area contributed by atoms with Gasteiger partial charge in [0, 0.05) is 6.08 Å². The first-order valence-corrected chi connectivity index (χ1v) is 6.31. The van der Waals surface area contributed by atoms with Gasteiger partial charge in [0.1, 0.15) is 6.10 Å². The molecule has 0 spiro atoms. The number of carbonyl (C=O) groups is 1. The van der Waals surface area contributed by atoms with Gasteiger partial charge in [-0.15, -0.1) is 0 Å². The monoisotopic (exact) mass is 262 g/mol. The molecule has 1 fully saturated rings. The molecule has 1 aliphatic rings. The molecule has 0 aliphatic carbocycles. The molecule has 0 saturated carbocycles. The Labute approximate surface area is 112 Å². The number of benzene rings is 1. The van der Waals surface area contributed by atoms with Crippen molar-refractivity contribution in [3.63, 3.8) is 0 Å². The largest absolute Gasteiger partial charge is 0.478 e. The second-order valence-electron chi connectivity index (χ2n) is 4.73. The smallest absolute Gasteiger partial charge is 0.328 e. The van der Waals surface area contributed by atoms with E-state index in [1.54, 1.807) is 6.08 Å². The van der Waals surface area contributed by atoms with Gasteiger partial charge >= 0.3 is 5.97 Å². The van der Waals surface area contributed by atoms with Crippen LogP contribution in [0.25, 0.3) is 6.08 Å². The van der Waals surface area contributed by atoms with Gasteiger partial charge in [-0.3, -0.25) is 0 Å². The first-order chi connectivity index (χ1) is 9.06. The summed E-state index contributed by atoms with van der Waals surface area (Å²) in [7, 11) is 0. The Morgan fingerprint density at radius 1 is 1.63 bits per heavy atom. The lowest BCUT2D eigenvalue weighted by Crippen LogP contribution is -2.07. The van der Waals surface area contributed by atoms with E-state index in [0.717, 1.165) is 29.4 Å². The van der Waals surface area contributed by atoms with Crippen LogP contribution in [0.1, 0.15) is 29.7 Å². The third-order valence-corrected chi connectivity index (χ3v) is 3.02. The van der Waals surface area contributed by atoms with E-state index in [0.29, 0.717) is 6.61 Å². The second-order valence-corrected chi connectivity index (χ2v) is 4.73. The molecule has 0 unspecified atom stereocenters. The Morgan fingerprint density at radius 3 is 3.00 bits per heavy atom. The molecule has 2 atom stereocenters. The van der Waals surface area contributed by atoms with E-state index < -0.39 is 5.97 Å². The van der Waals surface area contributed by atoms with Gasteiger partial charge in [-0.05, 0) is 31.1 Å². The Balaban J connectivity index is 2.14. The molecule has 0 bridgehead atoms. The number of rotatable bonds is 6. The van der Waals surface area contributed by atoms with Gasteiger partial charge in [0.2, 0.25) is 0 Å². The molecule has 0 radical (unpaired) electrons. The van der Waals surface area contributed by atoms with E-state index in [4.69, 9.17) is 14.6 Å². The number of carboxylic acid groups (broad SMARTS) is 1. The third-order valence-electron chi connectivity index (χ3n) is 3.02. The maximum atomic E-state index is 10.6. The number of hydrogen-bond donors (Lipinski definition) is 1. The average molecular weight is 262 g/mol. The Kier molecular flexibility index (Phi) is 4.35. The Morgan fingerprint density at radius 2 is 2.37 bits per heavy atom. The van der Waals surface area contributed by atoms with Crippen LogP contribution in [-0.2, 0) is 14.3 Å². The summed E-state index contributed by atoms with van der Waals surface area (Å²) in [5.74, 6) is -0.951. The molecule has 1 heterocycles. The number of epoxide rings is 1. The summed E-state index contributed by atoms with van der Waals surface area (Å²) in [6.07, 6.45) is 2.90. The predicted molar refractivity (Wildman–Crippen MR) is 72.0 cm³/mol. The van der Waals surface area contributed by atoms with Crippen molar-refractivity contribution in [3.8, 4) is 0 Å². The highest BCUT2D eigenvalue weighted by molar-refractivity contribution is 5.85. The maximum absolute atomic E-state index is 10.6. The van der Waals surface area contributed by atoms with Crippen LogP contribution in [0.4, 0.5) is 0 Å². The van der Waals surface area contributed by atoms with Crippen LogP contribution in [-0.4, -0.2) is 30.4 Å². The predicted octanol–water partition coefficient (Wildman–Crippen LogP) is 2.57. The van der Waals surface area contributed by atoms with Crippen molar-refractivity contribution < 1.29 is 19.4 Å². The maximum Gasteiger partial charge on any atom is 0.328 e.